The Labute approximate surface area is 531 Å². The molecular formula is C72H72O20. The third kappa shape index (κ3) is 15.8. The quantitative estimate of drug-likeness (QED) is 0.0170. The second kappa shape index (κ2) is 30.0. The zero-order chi connectivity index (χ0) is 66.4. The maximum absolute atomic E-state index is 14.3. The molecule has 0 spiro atoms. The number of esters is 6. The molecule has 6 aromatic rings. The maximum Gasteiger partial charge on any atom is 0.339 e. The van der Waals surface area contributed by atoms with Crippen LogP contribution in [-0.4, -0.2) is 119 Å². The first-order valence-corrected chi connectivity index (χ1v) is 30.1. The molecule has 2 aliphatic rings. The van der Waals surface area contributed by atoms with Crippen molar-refractivity contribution in [3.8, 4) is 33.8 Å². The monoisotopic (exact) mass is 1260 g/mol. The van der Waals surface area contributed by atoms with E-state index in [1.165, 1.54) is 30.3 Å². The third-order valence-electron chi connectivity index (χ3n) is 16.0. The number of carboxylic acids is 3. The highest BCUT2D eigenvalue weighted by Gasteiger charge is 2.46. The molecule has 20 nitrogen and oxygen atoms in total. The van der Waals surface area contributed by atoms with E-state index in [2.05, 4.69) is 30.8 Å². The molecule has 0 heterocycles. The number of aliphatic carboxylic acids is 1. The Hall–Kier alpha value is -10.4. The lowest BCUT2D eigenvalue weighted by atomic mass is 9.68. The fourth-order valence-electron chi connectivity index (χ4n) is 11.3. The number of carbonyl (C=O) groups is 9. The van der Waals surface area contributed by atoms with Crippen molar-refractivity contribution in [3.63, 3.8) is 0 Å². The van der Waals surface area contributed by atoms with Crippen LogP contribution in [0.5, 0.6) is 11.5 Å². The van der Waals surface area contributed by atoms with Gasteiger partial charge in [-0.3, -0.25) is 19.2 Å². The number of fused-ring (bicyclic) bond motifs is 3. The molecular weight excluding hydrogens is 1180 g/mol. The number of ether oxygens (including phenoxy) is 8. The average molecular weight is 1260 g/mol. The standard InChI is InChI=1S/C72H72O20/c1-8-62(73)86-38-49(89-68(82)56-20-12-11-19-53(56)65(76)77)37-71(6,7)92-48-31-27-46(28-32-48)72(59-21-15-13-17-51(59)52-18-14-16-22-60(52)72)45-25-29-47(30-26-45)85-39-50(40-87-63(74)9-2)90-69(83)57-35-43(23-33-54(57)66(78)79)44-24-34-55(67(80)81)58(36-44)70(84)91-61(42(4)5)41-88-64(75)10-3/h8,11-18,21-36,42,49-50,53,56,61H,1,9-10,19-20,37-41H2,2-7H3,(H,76,77)(H,78,79)(H,80,81). The number of rotatable bonds is 29. The van der Waals surface area contributed by atoms with Crippen LogP contribution in [0.2, 0.25) is 0 Å². The molecule has 2 aliphatic carbocycles. The molecule has 0 saturated carbocycles. The van der Waals surface area contributed by atoms with E-state index in [0.29, 0.717) is 11.5 Å². The van der Waals surface area contributed by atoms with Gasteiger partial charge in [0, 0.05) is 25.3 Å². The van der Waals surface area contributed by atoms with Gasteiger partial charge < -0.3 is 53.2 Å². The van der Waals surface area contributed by atoms with Gasteiger partial charge in [-0.15, -0.1) is 0 Å². The Morgan fingerprint density at radius 3 is 1.55 bits per heavy atom. The van der Waals surface area contributed by atoms with Crippen LogP contribution in [0.4, 0.5) is 0 Å². The molecule has 480 valence electrons. The summed E-state index contributed by atoms with van der Waals surface area (Å²) >= 11 is 0. The summed E-state index contributed by atoms with van der Waals surface area (Å²) in [5.74, 6) is -10.3. The van der Waals surface area contributed by atoms with Gasteiger partial charge in [-0.05, 0) is 126 Å². The van der Waals surface area contributed by atoms with Crippen LogP contribution in [0.1, 0.15) is 137 Å². The Morgan fingerprint density at radius 1 is 0.565 bits per heavy atom. The van der Waals surface area contributed by atoms with Gasteiger partial charge >= 0.3 is 53.7 Å². The van der Waals surface area contributed by atoms with E-state index >= 15 is 0 Å². The summed E-state index contributed by atoms with van der Waals surface area (Å²) < 4.78 is 46.2. The largest absolute Gasteiger partial charge is 0.490 e. The molecule has 0 aromatic heterocycles. The minimum atomic E-state index is -1.48. The topological polar surface area (TPSA) is 288 Å². The first-order valence-electron chi connectivity index (χ1n) is 30.1. The van der Waals surface area contributed by atoms with Crippen molar-refractivity contribution in [2.75, 3.05) is 26.4 Å². The van der Waals surface area contributed by atoms with Gasteiger partial charge in [0.15, 0.2) is 6.10 Å². The Balaban J connectivity index is 1.04. The van der Waals surface area contributed by atoms with Crippen LogP contribution in [0.15, 0.2) is 158 Å². The lowest BCUT2D eigenvalue weighted by molar-refractivity contribution is -0.168. The van der Waals surface area contributed by atoms with Gasteiger partial charge in [-0.2, -0.15) is 0 Å². The van der Waals surface area contributed by atoms with Crippen LogP contribution in [0, 0.1) is 17.8 Å². The van der Waals surface area contributed by atoms with Gasteiger partial charge in [0.05, 0.1) is 39.5 Å². The number of carbonyl (C=O) groups excluding carboxylic acids is 6. The predicted octanol–water partition coefficient (Wildman–Crippen LogP) is 11.7. The molecule has 0 fully saturated rings. The molecule has 92 heavy (non-hydrogen) atoms. The normalized spacial score (nSPS) is 15.4. The highest BCUT2D eigenvalue weighted by molar-refractivity contribution is 6.05. The van der Waals surface area contributed by atoms with Crippen molar-refractivity contribution in [1.29, 1.82) is 0 Å². The molecule has 0 aliphatic heterocycles. The second-order valence-corrected chi connectivity index (χ2v) is 23.1. The summed E-state index contributed by atoms with van der Waals surface area (Å²) in [7, 11) is 0. The van der Waals surface area contributed by atoms with E-state index < -0.39 is 118 Å². The summed E-state index contributed by atoms with van der Waals surface area (Å²) in [6, 6.07) is 38.6. The number of allylic oxidation sites excluding steroid dienone is 2. The number of benzene rings is 6. The van der Waals surface area contributed by atoms with Gasteiger partial charge in [-0.25, -0.2) is 24.0 Å². The van der Waals surface area contributed by atoms with E-state index in [9.17, 15) is 58.5 Å². The Bertz CT molecular complexity index is 3740. The minimum absolute atomic E-state index is 0.00985. The van der Waals surface area contributed by atoms with E-state index in [4.69, 9.17) is 37.9 Å². The van der Waals surface area contributed by atoms with Crippen molar-refractivity contribution in [2.45, 2.75) is 103 Å². The summed E-state index contributed by atoms with van der Waals surface area (Å²) in [4.78, 5) is 115. The zero-order valence-electron chi connectivity index (χ0n) is 51.8. The summed E-state index contributed by atoms with van der Waals surface area (Å²) in [6.45, 7) is 12.2. The predicted molar refractivity (Wildman–Crippen MR) is 334 cm³/mol. The van der Waals surface area contributed by atoms with Crippen molar-refractivity contribution >= 4 is 53.7 Å². The van der Waals surface area contributed by atoms with E-state index in [0.717, 1.165) is 45.5 Å². The molecule has 8 rings (SSSR count). The first-order chi connectivity index (χ1) is 44.0. The molecule has 5 unspecified atom stereocenters. The molecule has 5 atom stereocenters. The van der Waals surface area contributed by atoms with Gasteiger partial charge in [0.2, 0.25) is 0 Å². The third-order valence-corrected chi connectivity index (χ3v) is 16.0. The van der Waals surface area contributed by atoms with Crippen LogP contribution in [-0.2, 0) is 57.8 Å². The van der Waals surface area contributed by atoms with Gasteiger partial charge in [-0.1, -0.05) is 131 Å². The number of hydrogen-bond acceptors (Lipinski definition) is 17. The molecule has 0 radical (unpaired) electrons. The van der Waals surface area contributed by atoms with Crippen LogP contribution < -0.4 is 9.47 Å². The minimum Gasteiger partial charge on any atom is -0.490 e. The smallest absolute Gasteiger partial charge is 0.339 e. The van der Waals surface area contributed by atoms with Crippen molar-refractivity contribution in [3.05, 3.63) is 203 Å². The molecule has 6 aromatic carbocycles. The molecule has 0 saturated heterocycles. The number of hydrogen-bond donors (Lipinski definition) is 3. The van der Waals surface area contributed by atoms with Crippen molar-refractivity contribution in [2.24, 2.45) is 17.8 Å². The van der Waals surface area contributed by atoms with Crippen LogP contribution >= 0.6 is 0 Å². The van der Waals surface area contributed by atoms with Crippen molar-refractivity contribution in [1.82, 2.24) is 0 Å². The highest BCUT2D eigenvalue weighted by atomic mass is 16.6. The van der Waals surface area contributed by atoms with Gasteiger partial charge in [0.25, 0.3) is 0 Å². The fraction of sp³-hybridized carbons (Fsp3) is 0.319. The van der Waals surface area contributed by atoms with Crippen LogP contribution in [0.25, 0.3) is 22.3 Å². The lowest BCUT2D eigenvalue weighted by Crippen LogP contribution is -2.40. The molecule has 3 N–H and O–H groups in total. The van der Waals surface area contributed by atoms with Crippen LogP contribution in [0.3, 0.4) is 0 Å². The number of carboxylic acid groups (broad SMARTS) is 3. The SMILES string of the molecule is C=CC(=O)OCC(CC(C)(C)Oc1ccc(C2(c3ccc(OCC(COC(=O)CC)OC(=O)c4cc(-c5ccc(C(=O)O)c(C(=O)OC(COC(=O)CC)C(C)C)c5)ccc4C(=O)O)cc3)c3ccccc3-c3ccccc32)cc1)OC(=O)C1CC=CCC1C(=O)O. The summed E-state index contributed by atoms with van der Waals surface area (Å²) in [6.07, 6.45) is 1.70. The highest BCUT2D eigenvalue weighted by Crippen LogP contribution is 2.56. The summed E-state index contributed by atoms with van der Waals surface area (Å²) in [5.41, 5.74) is 2.47. The van der Waals surface area contributed by atoms with E-state index in [-0.39, 0.29) is 74.5 Å². The molecule has 0 bridgehead atoms. The molecule has 0 amide bonds. The van der Waals surface area contributed by atoms with Gasteiger partial charge in [0.1, 0.15) is 55.7 Å². The Morgan fingerprint density at radius 2 is 1.05 bits per heavy atom. The average Bonchev–Trinajstić information content (AvgIpc) is 1.53. The fourth-order valence-corrected chi connectivity index (χ4v) is 11.3. The number of aromatic carboxylic acids is 2. The first kappa shape index (κ1) is 67.6. The van der Waals surface area contributed by atoms with Crippen molar-refractivity contribution < 1.29 is 96.4 Å². The zero-order valence-corrected chi connectivity index (χ0v) is 51.8. The van der Waals surface area contributed by atoms with E-state index in [1.54, 1.807) is 65.8 Å². The molecule has 20 heteroatoms. The van der Waals surface area contributed by atoms with E-state index in [1.807, 2.05) is 60.7 Å². The Kier molecular flexibility index (Phi) is 22.0. The summed E-state index contributed by atoms with van der Waals surface area (Å²) in [5, 5.41) is 30.2. The second-order valence-electron chi connectivity index (χ2n) is 23.1. The maximum atomic E-state index is 14.3. The lowest BCUT2D eigenvalue weighted by Gasteiger charge is -2.34.